The van der Waals surface area contributed by atoms with Crippen LogP contribution in [0, 0.1) is 12.8 Å². The van der Waals surface area contributed by atoms with Crippen molar-refractivity contribution >= 4 is 11.8 Å². The summed E-state index contributed by atoms with van der Waals surface area (Å²) in [6.07, 6.45) is -0.456. The summed E-state index contributed by atoms with van der Waals surface area (Å²) in [7, 11) is 0. The lowest BCUT2D eigenvalue weighted by atomic mass is 10.0. The summed E-state index contributed by atoms with van der Waals surface area (Å²) in [6, 6.07) is 6.83. The normalized spacial score (nSPS) is 13.8. The Labute approximate surface area is 125 Å². The van der Waals surface area contributed by atoms with Crippen molar-refractivity contribution in [2.75, 3.05) is 0 Å². The molecule has 2 atom stereocenters. The summed E-state index contributed by atoms with van der Waals surface area (Å²) in [4.78, 5) is 23.3. The van der Waals surface area contributed by atoms with Crippen molar-refractivity contribution in [3.63, 3.8) is 0 Å². The molecule has 0 aliphatic heterocycles. The first-order chi connectivity index (χ1) is 9.79. The molecule has 2 amide bonds. The van der Waals surface area contributed by atoms with E-state index in [4.69, 9.17) is 5.73 Å². The number of rotatable bonds is 7. The lowest BCUT2D eigenvalue weighted by molar-refractivity contribution is -0.133. The van der Waals surface area contributed by atoms with Gasteiger partial charge in [-0.15, -0.1) is 0 Å². The van der Waals surface area contributed by atoms with Crippen LogP contribution in [0.25, 0.3) is 0 Å². The lowest BCUT2D eigenvalue weighted by Gasteiger charge is -2.19. The minimum absolute atomic E-state index is 0.190. The van der Waals surface area contributed by atoms with Crippen LogP contribution in [0.3, 0.4) is 0 Å². The van der Waals surface area contributed by atoms with Crippen LogP contribution in [0.15, 0.2) is 24.3 Å². The van der Waals surface area contributed by atoms with Crippen molar-refractivity contribution in [3.8, 4) is 0 Å². The molecule has 21 heavy (non-hydrogen) atoms. The first-order valence-corrected chi connectivity index (χ1v) is 7.13. The molecule has 5 nitrogen and oxygen atoms in total. The van der Waals surface area contributed by atoms with E-state index in [-0.39, 0.29) is 5.92 Å². The van der Waals surface area contributed by atoms with Gasteiger partial charge in [-0.1, -0.05) is 43.7 Å². The fraction of sp³-hybridized carbons (Fsp3) is 0.500. The van der Waals surface area contributed by atoms with Gasteiger partial charge in [0.2, 0.25) is 11.8 Å². The number of primary amides is 1. The number of aliphatic hydroxyl groups excluding tert-OH is 1. The van der Waals surface area contributed by atoms with Crippen molar-refractivity contribution in [1.82, 2.24) is 5.32 Å². The van der Waals surface area contributed by atoms with Gasteiger partial charge in [0, 0.05) is 6.42 Å². The van der Waals surface area contributed by atoms with Crippen LogP contribution in [0.5, 0.6) is 0 Å². The minimum atomic E-state index is -1.12. The van der Waals surface area contributed by atoms with Gasteiger partial charge in [-0.3, -0.25) is 9.59 Å². The third kappa shape index (κ3) is 5.95. The summed E-state index contributed by atoms with van der Waals surface area (Å²) >= 11 is 0. The monoisotopic (exact) mass is 292 g/mol. The number of nitrogens with one attached hydrogen (secondary N) is 1. The molecule has 0 fully saturated rings. The molecule has 1 rings (SSSR count). The van der Waals surface area contributed by atoms with E-state index in [1.807, 2.05) is 45.0 Å². The number of carbonyl (C=O) groups is 2. The predicted octanol–water partition coefficient (Wildman–Crippen LogP) is 0.915. The van der Waals surface area contributed by atoms with E-state index >= 15 is 0 Å². The van der Waals surface area contributed by atoms with Crippen LogP contribution < -0.4 is 11.1 Å². The topological polar surface area (TPSA) is 92.4 Å². The number of amides is 2. The van der Waals surface area contributed by atoms with E-state index in [1.165, 1.54) is 0 Å². The zero-order valence-corrected chi connectivity index (χ0v) is 12.8. The second-order valence-corrected chi connectivity index (χ2v) is 5.80. The average molecular weight is 292 g/mol. The van der Waals surface area contributed by atoms with Crippen LogP contribution in [0.2, 0.25) is 0 Å². The molecule has 0 heterocycles. The van der Waals surface area contributed by atoms with Crippen LogP contribution in [-0.4, -0.2) is 29.1 Å². The van der Waals surface area contributed by atoms with Gasteiger partial charge in [-0.25, -0.2) is 0 Å². The van der Waals surface area contributed by atoms with Gasteiger partial charge in [-0.05, 0) is 24.8 Å². The summed E-state index contributed by atoms with van der Waals surface area (Å²) in [5.74, 6) is -0.977. The highest BCUT2D eigenvalue weighted by atomic mass is 16.3. The Morgan fingerprint density at radius 1 is 1.24 bits per heavy atom. The van der Waals surface area contributed by atoms with Gasteiger partial charge < -0.3 is 16.2 Å². The number of hydrogen-bond acceptors (Lipinski definition) is 3. The molecular weight excluding hydrogens is 268 g/mol. The molecule has 0 bridgehead atoms. The molecule has 0 spiro atoms. The fourth-order valence-electron chi connectivity index (χ4n) is 2.00. The first kappa shape index (κ1) is 17.2. The van der Waals surface area contributed by atoms with E-state index in [1.54, 1.807) is 0 Å². The highest BCUT2D eigenvalue weighted by Crippen LogP contribution is 2.08. The smallest absolute Gasteiger partial charge is 0.249 e. The third-order valence-corrected chi connectivity index (χ3v) is 3.22. The van der Waals surface area contributed by atoms with Gasteiger partial charge in [0.15, 0.2) is 0 Å². The molecule has 116 valence electrons. The summed E-state index contributed by atoms with van der Waals surface area (Å²) in [5, 5.41) is 12.3. The van der Waals surface area contributed by atoms with Crippen LogP contribution in [-0.2, 0) is 16.0 Å². The summed E-state index contributed by atoms with van der Waals surface area (Å²) < 4.78 is 0. The van der Waals surface area contributed by atoms with Crippen LogP contribution in [0.1, 0.15) is 31.4 Å². The minimum Gasteiger partial charge on any atom is -0.383 e. The number of hydrogen-bond donors (Lipinski definition) is 3. The van der Waals surface area contributed by atoms with E-state index in [2.05, 4.69) is 5.32 Å². The summed E-state index contributed by atoms with van der Waals surface area (Å²) in [5.41, 5.74) is 7.35. The van der Waals surface area contributed by atoms with E-state index in [0.717, 1.165) is 11.1 Å². The molecule has 1 aromatic rings. The van der Waals surface area contributed by atoms with Gasteiger partial charge >= 0.3 is 0 Å². The van der Waals surface area contributed by atoms with Crippen LogP contribution in [0.4, 0.5) is 0 Å². The largest absolute Gasteiger partial charge is 0.383 e. The summed E-state index contributed by atoms with van der Waals surface area (Å²) in [6.45, 7) is 5.79. The van der Waals surface area contributed by atoms with Crippen molar-refractivity contribution in [3.05, 3.63) is 35.4 Å². The maximum Gasteiger partial charge on any atom is 0.249 e. The first-order valence-electron chi connectivity index (χ1n) is 7.13. The molecule has 0 aliphatic carbocycles. The zero-order valence-electron chi connectivity index (χ0n) is 12.8. The molecule has 0 saturated carbocycles. The SMILES string of the molecule is Cc1ccc(C[C@@H](NC(=O)[C@H](O)CC(C)C)C(N)=O)cc1. The van der Waals surface area contributed by atoms with Crippen molar-refractivity contribution < 1.29 is 14.7 Å². The number of aryl methyl sites for hydroxylation is 1. The molecule has 0 aliphatic rings. The van der Waals surface area contributed by atoms with Gasteiger partial charge in [0.25, 0.3) is 0 Å². The van der Waals surface area contributed by atoms with E-state index in [9.17, 15) is 14.7 Å². The Balaban J connectivity index is 2.67. The molecule has 4 N–H and O–H groups in total. The second kappa shape index (κ2) is 7.78. The predicted molar refractivity (Wildman–Crippen MR) is 81.5 cm³/mol. The molecule has 0 radical (unpaired) electrons. The standard InChI is InChI=1S/C16H24N2O3/c1-10(2)8-14(19)16(21)18-13(15(17)20)9-12-6-4-11(3)5-7-12/h4-7,10,13-14,19H,8-9H2,1-3H3,(H2,17,20)(H,18,21)/t13-,14-/m1/s1. The molecule has 1 aromatic carbocycles. The number of aliphatic hydroxyl groups is 1. The zero-order chi connectivity index (χ0) is 16.0. The molecule has 5 heteroatoms. The molecule has 0 aromatic heterocycles. The molecule has 0 saturated heterocycles. The fourth-order valence-corrected chi connectivity index (χ4v) is 2.00. The molecule has 0 unspecified atom stereocenters. The Morgan fingerprint density at radius 2 is 1.81 bits per heavy atom. The number of nitrogens with two attached hydrogens (primary N) is 1. The van der Waals surface area contributed by atoms with Crippen molar-refractivity contribution in [2.45, 2.75) is 45.8 Å². The Morgan fingerprint density at radius 3 is 2.29 bits per heavy atom. The number of benzene rings is 1. The maximum atomic E-state index is 11.9. The highest BCUT2D eigenvalue weighted by Gasteiger charge is 2.23. The van der Waals surface area contributed by atoms with Crippen LogP contribution >= 0.6 is 0 Å². The van der Waals surface area contributed by atoms with Gasteiger partial charge in [-0.2, -0.15) is 0 Å². The highest BCUT2D eigenvalue weighted by molar-refractivity contribution is 5.88. The quantitative estimate of drug-likeness (QED) is 0.697. The van der Waals surface area contributed by atoms with E-state index in [0.29, 0.717) is 12.8 Å². The average Bonchev–Trinajstić information content (AvgIpc) is 2.39. The van der Waals surface area contributed by atoms with E-state index < -0.39 is 24.0 Å². The van der Waals surface area contributed by atoms with Crippen molar-refractivity contribution in [2.24, 2.45) is 11.7 Å². The lowest BCUT2D eigenvalue weighted by Crippen LogP contribution is -2.49. The number of carbonyl (C=O) groups excluding carboxylic acids is 2. The maximum absolute atomic E-state index is 11.9. The third-order valence-electron chi connectivity index (χ3n) is 3.22. The Kier molecular flexibility index (Phi) is 6.37. The van der Waals surface area contributed by atoms with Crippen molar-refractivity contribution in [1.29, 1.82) is 0 Å². The second-order valence-electron chi connectivity index (χ2n) is 5.80. The Bertz CT molecular complexity index is 483. The van der Waals surface area contributed by atoms with Gasteiger partial charge in [0.1, 0.15) is 12.1 Å². The molecular formula is C16H24N2O3. The van der Waals surface area contributed by atoms with Gasteiger partial charge in [0.05, 0.1) is 0 Å². The Hall–Kier alpha value is -1.88.